The summed E-state index contributed by atoms with van der Waals surface area (Å²) in [5.74, 6) is 0. The Labute approximate surface area is 111 Å². The number of hydrogen-bond acceptors (Lipinski definition) is 2. The molecule has 0 fully saturated rings. The van der Waals surface area contributed by atoms with E-state index in [9.17, 15) is 0 Å². The molecular formula is C14H17BrN2. The number of nitrogens with zero attached hydrogens (tertiary/aromatic N) is 1. The lowest BCUT2D eigenvalue weighted by molar-refractivity contribution is 1.07. The minimum atomic E-state index is 0.997. The zero-order valence-corrected chi connectivity index (χ0v) is 12.3. The zero-order chi connectivity index (χ0) is 12.6. The lowest BCUT2D eigenvalue weighted by Crippen LogP contribution is -2.01. The Morgan fingerprint density at radius 2 is 2.00 bits per heavy atom. The number of aryl methyl sites for hydroxylation is 2. The number of benzene rings is 1. The molecule has 0 saturated heterocycles. The highest BCUT2D eigenvalue weighted by molar-refractivity contribution is 9.10. The quantitative estimate of drug-likeness (QED) is 0.896. The minimum absolute atomic E-state index is 0.997. The van der Waals surface area contributed by atoms with Crippen molar-refractivity contribution in [2.45, 2.75) is 27.2 Å². The van der Waals surface area contributed by atoms with Crippen molar-refractivity contribution in [3.8, 4) is 0 Å². The molecule has 0 unspecified atom stereocenters. The van der Waals surface area contributed by atoms with Gasteiger partial charge in [0, 0.05) is 28.3 Å². The summed E-state index contributed by atoms with van der Waals surface area (Å²) >= 11 is 3.60. The van der Waals surface area contributed by atoms with Gasteiger partial charge < -0.3 is 5.32 Å². The lowest BCUT2D eigenvalue weighted by Gasteiger charge is -2.15. The van der Waals surface area contributed by atoms with Gasteiger partial charge in [-0.05, 0) is 59.5 Å². The SMILES string of the molecule is CCc1c(C)nc2c(Br)cc(C)cc2c1NC. The van der Waals surface area contributed by atoms with Crippen molar-refractivity contribution in [3.63, 3.8) is 0 Å². The van der Waals surface area contributed by atoms with Crippen LogP contribution in [0, 0.1) is 13.8 Å². The predicted octanol–water partition coefficient (Wildman–Crippen LogP) is 4.22. The third-order valence-corrected chi connectivity index (χ3v) is 3.70. The number of fused-ring (bicyclic) bond motifs is 1. The maximum atomic E-state index is 4.71. The van der Waals surface area contributed by atoms with Gasteiger partial charge in [-0.25, -0.2) is 0 Å². The van der Waals surface area contributed by atoms with Crippen LogP contribution in [0.2, 0.25) is 0 Å². The monoisotopic (exact) mass is 292 g/mol. The van der Waals surface area contributed by atoms with Crippen molar-refractivity contribution in [1.29, 1.82) is 0 Å². The van der Waals surface area contributed by atoms with Crippen LogP contribution in [0.4, 0.5) is 5.69 Å². The first-order valence-electron chi connectivity index (χ1n) is 5.85. The van der Waals surface area contributed by atoms with Gasteiger partial charge in [0.15, 0.2) is 0 Å². The number of pyridine rings is 1. The molecule has 3 heteroatoms. The van der Waals surface area contributed by atoms with Crippen molar-refractivity contribution in [2.24, 2.45) is 0 Å². The van der Waals surface area contributed by atoms with E-state index in [1.165, 1.54) is 22.2 Å². The van der Waals surface area contributed by atoms with Crippen LogP contribution in [0.1, 0.15) is 23.7 Å². The maximum Gasteiger partial charge on any atom is 0.0868 e. The second-order valence-corrected chi connectivity index (χ2v) is 5.15. The molecule has 2 rings (SSSR count). The summed E-state index contributed by atoms with van der Waals surface area (Å²) in [6, 6.07) is 4.30. The highest BCUT2D eigenvalue weighted by atomic mass is 79.9. The summed E-state index contributed by atoms with van der Waals surface area (Å²) in [6.45, 7) is 6.35. The van der Waals surface area contributed by atoms with Gasteiger partial charge in [-0.15, -0.1) is 0 Å². The third-order valence-electron chi connectivity index (χ3n) is 3.10. The average Bonchev–Trinajstić information content (AvgIpc) is 2.28. The number of aromatic nitrogens is 1. The van der Waals surface area contributed by atoms with Crippen LogP contribution in [-0.2, 0) is 6.42 Å². The number of anilines is 1. The second kappa shape index (κ2) is 4.65. The van der Waals surface area contributed by atoms with Crippen LogP contribution >= 0.6 is 15.9 Å². The molecule has 0 aliphatic carbocycles. The Morgan fingerprint density at radius 1 is 1.29 bits per heavy atom. The van der Waals surface area contributed by atoms with Crippen molar-refractivity contribution in [1.82, 2.24) is 4.98 Å². The van der Waals surface area contributed by atoms with Crippen molar-refractivity contribution < 1.29 is 0 Å². The van der Waals surface area contributed by atoms with E-state index in [2.05, 4.69) is 54.2 Å². The van der Waals surface area contributed by atoms with Gasteiger partial charge in [-0.3, -0.25) is 4.98 Å². The Hall–Kier alpha value is -1.09. The molecule has 0 aliphatic heterocycles. The summed E-state index contributed by atoms with van der Waals surface area (Å²) < 4.78 is 1.06. The molecule has 0 bridgehead atoms. The Balaban J connectivity index is 2.93. The summed E-state index contributed by atoms with van der Waals surface area (Å²) in [7, 11) is 1.98. The van der Waals surface area contributed by atoms with Crippen LogP contribution in [0.5, 0.6) is 0 Å². The molecule has 0 spiro atoms. The standard InChI is InChI=1S/C14H17BrN2/c1-5-10-9(3)17-14-11(13(10)16-4)6-8(2)7-12(14)15/h6-7H,5H2,1-4H3,(H,16,17). The van der Waals surface area contributed by atoms with E-state index in [1.807, 2.05) is 7.05 Å². The molecule has 90 valence electrons. The lowest BCUT2D eigenvalue weighted by atomic mass is 10.0. The normalized spacial score (nSPS) is 10.9. The largest absolute Gasteiger partial charge is 0.387 e. The smallest absolute Gasteiger partial charge is 0.0868 e. The van der Waals surface area contributed by atoms with Crippen LogP contribution in [0.3, 0.4) is 0 Å². The van der Waals surface area contributed by atoms with Crippen LogP contribution < -0.4 is 5.32 Å². The topological polar surface area (TPSA) is 24.9 Å². The number of nitrogens with one attached hydrogen (secondary N) is 1. The zero-order valence-electron chi connectivity index (χ0n) is 10.7. The van der Waals surface area contributed by atoms with E-state index < -0.39 is 0 Å². The predicted molar refractivity (Wildman–Crippen MR) is 77.8 cm³/mol. The Bertz CT molecular complexity index is 576. The minimum Gasteiger partial charge on any atom is -0.387 e. The van der Waals surface area contributed by atoms with E-state index >= 15 is 0 Å². The van der Waals surface area contributed by atoms with E-state index in [0.29, 0.717) is 0 Å². The summed E-state index contributed by atoms with van der Waals surface area (Å²) in [5, 5.41) is 4.52. The highest BCUT2D eigenvalue weighted by Gasteiger charge is 2.12. The Morgan fingerprint density at radius 3 is 2.59 bits per heavy atom. The molecule has 0 aliphatic rings. The number of hydrogen-bond donors (Lipinski definition) is 1. The summed E-state index contributed by atoms with van der Waals surface area (Å²) in [6.07, 6.45) is 0.997. The molecule has 17 heavy (non-hydrogen) atoms. The molecule has 0 amide bonds. The first-order valence-corrected chi connectivity index (χ1v) is 6.64. The van der Waals surface area contributed by atoms with E-state index in [1.54, 1.807) is 0 Å². The fraction of sp³-hybridized carbons (Fsp3) is 0.357. The van der Waals surface area contributed by atoms with Gasteiger partial charge in [0.05, 0.1) is 5.52 Å². The second-order valence-electron chi connectivity index (χ2n) is 4.30. The maximum absolute atomic E-state index is 4.71. The van der Waals surface area contributed by atoms with E-state index in [-0.39, 0.29) is 0 Å². The first kappa shape index (κ1) is 12.4. The molecule has 2 aromatic rings. The van der Waals surface area contributed by atoms with Crippen LogP contribution in [0.15, 0.2) is 16.6 Å². The van der Waals surface area contributed by atoms with Crippen molar-refractivity contribution in [2.75, 3.05) is 12.4 Å². The fourth-order valence-corrected chi connectivity index (χ4v) is 3.00. The molecule has 1 aromatic carbocycles. The van der Waals surface area contributed by atoms with Gasteiger partial charge in [0.25, 0.3) is 0 Å². The number of halogens is 1. The molecular weight excluding hydrogens is 276 g/mol. The molecule has 0 atom stereocenters. The van der Waals surface area contributed by atoms with Crippen molar-refractivity contribution >= 4 is 32.5 Å². The highest BCUT2D eigenvalue weighted by Crippen LogP contribution is 2.33. The molecule has 0 radical (unpaired) electrons. The van der Waals surface area contributed by atoms with E-state index in [0.717, 1.165) is 22.1 Å². The van der Waals surface area contributed by atoms with Crippen molar-refractivity contribution in [3.05, 3.63) is 33.4 Å². The third kappa shape index (κ3) is 2.04. The Kier molecular flexibility index (Phi) is 3.38. The average molecular weight is 293 g/mol. The molecule has 0 saturated carbocycles. The van der Waals surface area contributed by atoms with Gasteiger partial charge in [-0.2, -0.15) is 0 Å². The van der Waals surface area contributed by atoms with Crippen LogP contribution in [-0.4, -0.2) is 12.0 Å². The van der Waals surface area contributed by atoms with Gasteiger partial charge >= 0.3 is 0 Å². The van der Waals surface area contributed by atoms with Gasteiger partial charge in [0.2, 0.25) is 0 Å². The number of rotatable bonds is 2. The molecule has 1 heterocycles. The molecule has 2 nitrogen and oxygen atoms in total. The molecule has 1 N–H and O–H groups in total. The van der Waals surface area contributed by atoms with Crippen LogP contribution in [0.25, 0.3) is 10.9 Å². The van der Waals surface area contributed by atoms with Gasteiger partial charge in [0.1, 0.15) is 0 Å². The summed E-state index contributed by atoms with van der Waals surface area (Å²) in [4.78, 5) is 4.71. The van der Waals surface area contributed by atoms with Gasteiger partial charge in [-0.1, -0.05) is 6.92 Å². The molecule has 1 aromatic heterocycles. The fourth-order valence-electron chi connectivity index (χ4n) is 2.34. The summed E-state index contributed by atoms with van der Waals surface area (Å²) in [5.41, 5.74) is 5.90. The van der Waals surface area contributed by atoms with E-state index in [4.69, 9.17) is 4.98 Å². The first-order chi connectivity index (χ1) is 8.08.